The summed E-state index contributed by atoms with van der Waals surface area (Å²) in [5, 5.41) is 11.6. The molecule has 4 nitrogen and oxygen atoms in total. The summed E-state index contributed by atoms with van der Waals surface area (Å²) in [6.07, 6.45) is 1.85. The Labute approximate surface area is 118 Å². The predicted octanol–water partition coefficient (Wildman–Crippen LogP) is 3.35. The van der Waals surface area contributed by atoms with Crippen LogP contribution >= 0.6 is 11.3 Å². The van der Waals surface area contributed by atoms with Crippen molar-refractivity contribution in [2.45, 2.75) is 46.6 Å². The van der Waals surface area contributed by atoms with Crippen molar-refractivity contribution in [1.82, 2.24) is 15.5 Å². The van der Waals surface area contributed by atoms with Crippen LogP contribution < -0.4 is 5.32 Å². The molecule has 0 fully saturated rings. The van der Waals surface area contributed by atoms with Gasteiger partial charge in [-0.05, 0) is 38.4 Å². The van der Waals surface area contributed by atoms with Crippen LogP contribution in [0.1, 0.15) is 36.6 Å². The van der Waals surface area contributed by atoms with Gasteiger partial charge in [0.15, 0.2) is 0 Å². The Balaban J connectivity index is 1.92. The summed E-state index contributed by atoms with van der Waals surface area (Å²) in [4.78, 5) is 2.37. The molecular formula is C14H21N3OS. The van der Waals surface area contributed by atoms with Crippen LogP contribution in [-0.4, -0.2) is 22.8 Å². The molecule has 5 heteroatoms. The summed E-state index contributed by atoms with van der Waals surface area (Å²) in [5.41, 5.74) is 1.28. The number of rotatable bonds is 6. The molecular weight excluding hydrogens is 258 g/mol. The molecule has 0 saturated heterocycles. The third kappa shape index (κ3) is 3.88. The molecule has 0 aliphatic carbocycles. The Kier molecular flexibility index (Phi) is 4.71. The van der Waals surface area contributed by atoms with Crippen molar-refractivity contribution >= 4 is 11.3 Å². The van der Waals surface area contributed by atoms with E-state index in [0.29, 0.717) is 11.9 Å². The minimum Gasteiger partial charge on any atom is -0.420 e. The molecule has 104 valence electrons. The molecule has 0 aromatic carbocycles. The molecule has 2 rings (SSSR count). The lowest BCUT2D eigenvalue weighted by atomic mass is 10.3. The number of hydrogen-bond acceptors (Lipinski definition) is 5. The van der Waals surface area contributed by atoms with Gasteiger partial charge in [-0.3, -0.25) is 0 Å². The monoisotopic (exact) mass is 279 g/mol. The lowest BCUT2D eigenvalue weighted by Gasteiger charge is -2.05. The molecule has 0 atom stereocenters. The highest BCUT2D eigenvalue weighted by Crippen LogP contribution is 2.29. The van der Waals surface area contributed by atoms with Crippen molar-refractivity contribution in [3.8, 4) is 10.8 Å². The van der Waals surface area contributed by atoms with Crippen molar-refractivity contribution in [2.24, 2.45) is 0 Å². The van der Waals surface area contributed by atoms with Gasteiger partial charge in [-0.15, -0.1) is 21.5 Å². The normalized spacial score (nSPS) is 11.4. The number of aryl methyl sites for hydroxylation is 3. The smallest absolute Gasteiger partial charge is 0.257 e. The highest BCUT2D eigenvalue weighted by atomic mass is 32.1. The van der Waals surface area contributed by atoms with E-state index in [1.54, 1.807) is 11.3 Å². The second kappa shape index (κ2) is 6.30. The van der Waals surface area contributed by atoms with Gasteiger partial charge in [0.1, 0.15) is 0 Å². The molecule has 0 aliphatic heterocycles. The van der Waals surface area contributed by atoms with Crippen LogP contribution in [0, 0.1) is 13.8 Å². The second-order valence-electron chi connectivity index (χ2n) is 5.06. The van der Waals surface area contributed by atoms with Crippen molar-refractivity contribution in [3.63, 3.8) is 0 Å². The number of hydrogen-bond donors (Lipinski definition) is 1. The average Bonchev–Trinajstić information content (AvgIpc) is 2.93. The Bertz CT molecular complexity index is 511. The summed E-state index contributed by atoms with van der Waals surface area (Å²) >= 11 is 1.70. The fourth-order valence-electron chi connectivity index (χ4n) is 1.76. The largest absolute Gasteiger partial charge is 0.420 e. The highest BCUT2D eigenvalue weighted by Gasteiger charge is 2.11. The van der Waals surface area contributed by atoms with Crippen LogP contribution in [0.2, 0.25) is 0 Å². The molecule has 1 N–H and O–H groups in total. The number of thiophene rings is 1. The zero-order valence-corrected chi connectivity index (χ0v) is 12.8. The zero-order valence-electron chi connectivity index (χ0n) is 12.0. The van der Waals surface area contributed by atoms with Gasteiger partial charge in [0.2, 0.25) is 5.89 Å². The van der Waals surface area contributed by atoms with Crippen LogP contribution in [-0.2, 0) is 6.42 Å². The first-order chi connectivity index (χ1) is 9.06. The molecule has 2 aromatic heterocycles. The van der Waals surface area contributed by atoms with Gasteiger partial charge in [0, 0.05) is 17.3 Å². The fourth-order valence-corrected chi connectivity index (χ4v) is 2.72. The zero-order chi connectivity index (χ0) is 13.8. The lowest BCUT2D eigenvalue weighted by Crippen LogP contribution is -2.23. The van der Waals surface area contributed by atoms with Crippen molar-refractivity contribution in [1.29, 1.82) is 0 Å². The Morgan fingerprint density at radius 1 is 1.32 bits per heavy atom. The van der Waals surface area contributed by atoms with E-state index in [0.717, 1.165) is 30.2 Å². The van der Waals surface area contributed by atoms with Crippen LogP contribution in [0.4, 0.5) is 0 Å². The number of nitrogens with one attached hydrogen (secondary N) is 1. The molecule has 2 heterocycles. The molecule has 0 aliphatic rings. The van der Waals surface area contributed by atoms with Gasteiger partial charge in [-0.2, -0.15) is 0 Å². The first-order valence-electron chi connectivity index (χ1n) is 6.69. The fraction of sp³-hybridized carbons (Fsp3) is 0.571. The Morgan fingerprint density at radius 3 is 2.74 bits per heavy atom. The first kappa shape index (κ1) is 14.2. The maximum Gasteiger partial charge on any atom is 0.257 e. The lowest BCUT2D eigenvalue weighted by molar-refractivity contribution is 0.484. The maximum atomic E-state index is 5.71. The SMILES string of the molecule is Cc1cc(-c2nnc(CCCNC(C)C)o2)sc1C. The molecule has 0 spiro atoms. The summed E-state index contributed by atoms with van der Waals surface area (Å²) in [7, 11) is 0. The van der Waals surface area contributed by atoms with E-state index in [-0.39, 0.29) is 0 Å². The van der Waals surface area contributed by atoms with Gasteiger partial charge in [-0.1, -0.05) is 13.8 Å². The van der Waals surface area contributed by atoms with E-state index in [4.69, 9.17) is 4.42 Å². The van der Waals surface area contributed by atoms with Gasteiger partial charge in [0.25, 0.3) is 5.89 Å². The van der Waals surface area contributed by atoms with Crippen molar-refractivity contribution in [3.05, 3.63) is 22.4 Å². The highest BCUT2D eigenvalue weighted by molar-refractivity contribution is 7.15. The van der Waals surface area contributed by atoms with Crippen molar-refractivity contribution in [2.75, 3.05) is 6.54 Å². The van der Waals surface area contributed by atoms with E-state index >= 15 is 0 Å². The van der Waals surface area contributed by atoms with Gasteiger partial charge in [-0.25, -0.2) is 0 Å². The summed E-state index contributed by atoms with van der Waals surface area (Å²) in [5.74, 6) is 1.37. The molecule has 0 amide bonds. The summed E-state index contributed by atoms with van der Waals surface area (Å²) < 4.78 is 5.71. The van der Waals surface area contributed by atoms with Gasteiger partial charge < -0.3 is 9.73 Å². The van der Waals surface area contributed by atoms with Gasteiger partial charge >= 0.3 is 0 Å². The summed E-state index contributed by atoms with van der Waals surface area (Å²) in [6.45, 7) is 9.48. The molecule has 0 saturated carbocycles. The average molecular weight is 279 g/mol. The Morgan fingerprint density at radius 2 is 2.11 bits per heavy atom. The summed E-state index contributed by atoms with van der Waals surface area (Å²) in [6, 6.07) is 2.63. The minimum absolute atomic E-state index is 0.523. The molecule has 0 radical (unpaired) electrons. The number of aromatic nitrogens is 2. The van der Waals surface area contributed by atoms with Crippen LogP contribution in [0.5, 0.6) is 0 Å². The quantitative estimate of drug-likeness (QED) is 0.824. The van der Waals surface area contributed by atoms with E-state index in [9.17, 15) is 0 Å². The molecule has 2 aromatic rings. The van der Waals surface area contributed by atoms with E-state index < -0.39 is 0 Å². The maximum absolute atomic E-state index is 5.71. The first-order valence-corrected chi connectivity index (χ1v) is 7.51. The van der Waals surface area contributed by atoms with E-state index in [1.165, 1.54) is 10.4 Å². The predicted molar refractivity (Wildman–Crippen MR) is 78.5 cm³/mol. The second-order valence-corrected chi connectivity index (χ2v) is 6.32. The number of nitrogens with zero attached hydrogens (tertiary/aromatic N) is 2. The molecule has 0 unspecified atom stereocenters. The molecule has 0 bridgehead atoms. The van der Waals surface area contributed by atoms with E-state index in [2.05, 4.69) is 49.3 Å². The standard InChI is InChI=1S/C14H21N3OS/c1-9(2)15-7-5-6-13-16-17-14(18-13)12-8-10(3)11(4)19-12/h8-9,15H,5-7H2,1-4H3. The third-order valence-electron chi connectivity index (χ3n) is 2.96. The van der Waals surface area contributed by atoms with Crippen molar-refractivity contribution < 1.29 is 4.42 Å². The topological polar surface area (TPSA) is 51.0 Å². The third-order valence-corrected chi connectivity index (χ3v) is 4.10. The minimum atomic E-state index is 0.523. The Hall–Kier alpha value is -1.20. The van der Waals surface area contributed by atoms with Crippen LogP contribution in [0.25, 0.3) is 10.8 Å². The van der Waals surface area contributed by atoms with Crippen LogP contribution in [0.3, 0.4) is 0 Å². The van der Waals surface area contributed by atoms with Crippen LogP contribution in [0.15, 0.2) is 10.5 Å². The van der Waals surface area contributed by atoms with E-state index in [1.807, 2.05) is 0 Å². The van der Waals surface area contributed by atoms with Gasteiger partial charge in [0.05, 0.1) is 4.88 Å². The molecule has 19 heavy (non-hydrogen) atoms.